The van der Waals surface area contributed by atoms with Crippen molar-refractivity contribution in [3.05, 3.63) is 167 Å². The zero-order valence-corrected chi connectivity index (χ0v) is 26.2. The lowest BCUT2D eigenvalue weighted by Crippen LogP contribution is -2.02. The highest BCUT2D eigenvalue weighted by Gasteiger charge is 2.27. The third-order valence-electron chi connectivity index (χ3n) is 9.48. The standard InChI is InChI=1S/C42H25F2N3O3/c43-33-19-20-34(44)42(32-24-26(18-22-40(32)48)46-37-15-7-3-11-29(37)30-12-4-8-16-38(30)46)41(33)31-23-25(17-21-39(31)47(49)50)45-35-13-5-1-9-27(35)28-10-2-6-14-36(28)45/h1-24,48H. The number of benzene rings is 7. The Bertz CT molecular complexity index is 2750. The number of phenols is 1. The highest BCUT2D eigenvalue weighted by molar-refractivity contribution is 6.10. The van der Waals surface area contributed by atoms with Crippen molar-refractivity contribution in [2.24, 2.45) is 0 Å². The topological polar surface area (TPSA) is 73.2 Å². The molecule has 0 amide bonds. The Morgan fingerprint density at radius 1 is 0.500 bits per heavy atom. The second-order valence-corrected chi connectivity index (χ2v) is 12.2. The van der Waals surface area contributed by atoms with Crippen molar-refractivity contribution in [1.29, 1.82) is 0 Å². The molecule has 0 spiro atoms. The molecule has 0 fully saturated rings. The van der Waals surface area contributed by atoms with Crippen molar-refractivity contribution >= 4 is 49.3 Å². The van der Waals surface area contributed by atoms with Gasteiger partial charge in [0.05, 0.1) is 32.6 Å². The number of fused-ring (bicyclic) bond motifs is 6. The molecule has 9 aromatic rings. The van der Waals surface area contributed by atoms with Crippen LogP contribution in [0.2, 0.25) is 0 Å². The monoisotopic (exact) mass is 657 g/mol. The maximum absolute atomic E-state index is 16.3. The Labute approximate surface area is 283 Å². The normalized spacial score (nSPS) is 11.6. The summed E-state index contributed by atoms with van der Waals surface area (Å²) in [5, 5.41) is 27.8. The fourth-order valence-corrected chi connectivity index (χ4v) is 7.37. The van der Waals surface area contributed by atoms with Crippen LogP contribution < -0.4 is 0 Å². The Hall–Kier alpha value is -6.80. The number of halogens is 2. The van der Waals surface area contributed by atoms with Crippen molar-refractivity contribution in [2.45, 2.75) is 0 Å². The molecule has 0 aliphatic rings. The van der Waals surface area contributed by atoms with Gasteiger partial charge in [-0.1, -0.05) is 72.8 Å². The van der Waals surface area contributed by atoms with Gasteiger partial charge in [0, 0.05) is 55.7 Å². The van der Waals surface area contributed by atoms with E-state index in [0.717, 1.165) is 55.7 Å². The zero-order valence-electron chi connectivity index (χ0n) is 26.2. The fraction of sp³-hybridized carbons (Fsp3) is 0. The van der Waals surface area contributed by atoms with Gasteiger partial charge < -0.3 is 14.2 Å². The largest absolute Gasteiger partial charge is 0.507 e. The Morgan fingerprint density at radius 3 is 1.32 bits per heavy atom. The number of aromatic nitrogens is 2. The van der Waals surface area contributed by atoms with Crippen molar-refractivity contribution < 1.29 is 18.8 Å². The molecule has 6 nitrogen and oxygen atoms in total. The first-order valence-electron chi connectivity index (χ1n) is 16.0. The quantitative estimate of drug-likeness (QED) is 0.148. The van der Waals surface area contributed by atoms with Crippen molar-refractivity contribution in [3.63, 3.8) is 0 Å². The van der Waals surface area contributed by atoms with Gasteiger partial charge in [0.25, 0.3) is 5.69 Å². The van der Waals surface area contributed by atoms with Gasteiger partial charge in [0.2, 0.25) is 0 Å². The number of phenolic OH excluding ortho intramolecular Hbond substituents is 1. The minimum absolute atomic E-state index is 0.00655. The SMILES string of the molecule is O=[N+]([O-])c1ccc(-n2c3ccccc3c3ccccc32)cc1-c1c(F)ccc(F)c1-c1cc(-n2c3ccccc3c3ccccc32)ccc1O. The van der Waals surface area contributed by atoms with E-state index >= 15 is 8.78 Å². The maximum atomic E-state index is 16.3. The molecule has 0 saturated carbocycles. The third kappa shape index (κ3) is 4.32. The van der Waals surface area contributed by atoms with Crippen LogP contribution in [0.3, 0.4) is 0 Å². The number of hydrogen-bond acceptors (Lipinski definition) is 3. The van der Waals surface area contributed by atoms with Crippen LogP contribution >= 0.6 is 0 Å². The highest BCUT2D eigenvalue weighted by atomic mass is 19.1. The summed E-state index contributed by atoms with van der Waals surface area (Å²) >= 11 is 0. The number of nitrogens with zero attached hydrogens (tertiary/aromatic N) is 3. The van der Waals surface area contributed by atoms with Crippen molar-refractivity contribution in [2.75, 3.05) is 0 Å². The Morgan fingerprint density at radius 2 is 0.880 bits per heavy atom. The number of rotatable bonds is 5. The van der Waals surface area contributed by atoms with Gasteiger partial charge in [-0.3, -0.25) is 10.1 Å². The molecular formula is C42H25F2N3O3. The van der Waals surface area contributed by atoms with Crippen LogP contribution in [0.4, 0.5) is 14.5 Å². The molecule has 0 radical (unpaired) electrons. The van der Waals surface area contributed by atoms with Crippen molar-refractivity contribution in [1.82, 2.24) is 9.13 Å². The van der Waals surface area contributed by atoms with E-state index in [1.54, 1.807) is 18.2 Å². The molecule has 1 N–H and O–H groups in total. The lowest BCUT2D eigenvalue weighted by molar-refractivity contribution is -0.384. The number of aromatic hydroxyl groups is 1. The first-order valence-corrected chi connectivity index (χ1v) is 16.0. The van der Waals surface area contributed by atoms with E-state index in [2.05, 4.69) is 0 Å². The third-order valence-corrected chi connectivity index (χ3v) is 9.48. The molecule has 2 aromatic heterocycles. The number of hydrogen-bond donors (Lipinski definition) is 1. The maximum Gasteiger partial charge on any atom is 0.277 e. The molecule has 0 aliphatic carbocycles. The molecule has 0 atom stereocenters. The van der Waals surface area contributed by atoms with Crippen LogP contribution in [0, 0.1) is 21.7 Å². The van der Waals surface area contributed by atoms with Gasteiger partial charge in [-0.25, -0.2) is 8.78 Å². The molecule has 0 bridgehead atoms. The van der Waals surface area contributed by atoms with E-state index in [1.165, 1.54) is 18.2 Å². The number of nitro groups is 1. The molecule has 8 heteroatoms. The van der Waals surface area contributed by atoms with Gasteiger partial charge >= 0.3 is 0 Å². The second-order valence-electron chi connectivity index (χ2n) is 12.2. The molecule has 7 aromatic carbocycles. The molecule has 50 heavy (non-hydrogen) atoms. The lowest BCUT2D eigenvalue weighted by atomic mass is 9.91. The number of nitro benzene ring substituents is 1. The van der Waals surface area contributed by atoms with Gasteiger partial charge in [-0.05, 0) is 66.7 Å². The molecule has 2 heterocycles. The summed E-state index contributed by atoms with van der Waals surface area (Å²) < 4.78 is 36.4. The minimum Gasteiger partial charge on any atom is -0.507 e. The van der Waals surface area contributed by atoms with E-state index < -0.39 is 22.2 Å². The molecule has 9 rings (SSSR count). The average molecular weight is 658 g/mol. The second kappa shape index (κ2) is 11.1. The van der Waals surface area contributed by atoms with Gasteiger partial charge in [-0.2, -0.15) is 0 Å². The van der Waals surface area contributed by atoms with Crippen LogP contribution in [-0.4, -0.2) is 19.2 Å². The van der Waals surface area contributed by atoms with Gasteiger partial charge in [0.1, 0.15) is 17.4 Å². The minimum atomic E-state index is -0.870. The molecule has 0 aliphatic heterocycles. The Balaban J connectivity index is 1.32. The van der Waals surface area contributed by atoms with Crippen LogP contribution in [0.25, 0.3) is 77.2 Å². The highest BCUT2D eigenvalue weighted by Crippen LogP contribution is 2.46. The summed E-state index contributed by atoms with van der Waals surface area (Å²) in [6.45, 7) is 0. The van der Waals surface area contributed by atoms with Crippen molar-refractivity contribution in [3.8, 4) is 39.4 Å². The summed E-state index contributed by atoms with van der Waals surface area (Å²) in [7, 11) is 0. The van der Waals surface area contributed by atoms with Crippen LogP contribution in [0.1, 0.15) is 0 Å². The molecular weight excluding hydrogens is 632 g/mol. The average Bonchev–Trinajstić information content (AvgIpc) is 3.66. The Kier molecular flexibility index (Phi) is 6.54. The van der Waals surface area contributed by atoms with E-state index in [9.17, 15) is 15.2 Å². The van der Waals surface area contributed by atoms with Crippen LogP contribution in [0.15, 0.2) is 146 Å². The molecule has 240 valence electrons. The van der Waals surface area contributed by atoms with E-state index in [4.69, 9.17) is 0 Å². The summed E-state index contributed by atoms with van der Waals surface area (Å²) in [5.41, 5.74) is 3.46. The fourth-order valence-electron chi connectivity index (χ4n) is 7.37. The lowest BCUT2D eigenvalue weighted by Gasteiger charge is -2.17. The van der Waals surface area contributed by atoms with Crippen LogP contribution in [-0.2, 0) is 0 Å². The summed E-state index contributed by atoms with van der Waals surface area (Å²) in [6.07, 6.45) is 0. The smallest absolute Gasteiger partial charge is 0.277 e. The summed E-state index contributed by atoms with van der Waals surface area (Å²) in [4.78, 5) is 11.9. The van der Waals surface area contributed by atoms with E-state index in [1.807, 2.05) is 106 Å². The zero-order chi connectivity index (χ0) is 34.1. The van der Waals surface area contributed by atoms with Crippen LogP contribution in [0.5, 0.6) is 5.75 Å². The molecule has 0 unspecified atom stereocenters. The van der Waals surface area contributed by atoms with Gasteiger partial charge in [0.15, 0.2) is 0 Å². The van der Waals surface area contributed by atoms with Gasteiger partial charge in [-0.15, -0.1) is 0 Å². The summed E-state index contributed by atoms with van der Waals surface area (Å²) in [5.74, 6) is -2.01. The first-order chi connectivity index (χ1) is 24.4. The predicted molar refractivity (Wildman–Crippen MR) is 194 cm³/mol. The first kappa shape index (κ1) is 29.3. The van der Waals surface area contributed by atoms with E-state index in [-0.39, 0.29) is 28.0 Å². The summed E-state index contributed by atoms with van der Waals surface area (Å²) in [6, 6.07) is 42.4. The predicted octanol–water partition coefficient (Wildman–Crippen LogP) is 11.1. The van der Waals surface area contributed by atoms with E-state index in [0.29, 0.717) is 11.4 Å². The number of para-hydroxylation sites is 4. The molecule has 0 saturated heterocycles.